The summed E-state index contributed by atoms with van der Waals surface area (Å²) in [6.07, 6.45) is -0.280. The number of hydrogen-bond acceptors (Lipinski definition) is 7. The average molecular weight is 388 g/mol. The van der Waals surface area contributed by atoms with Gasteiger partial charge in [-0.05, 0) is 19.1 Å². The number of hydrogen-bond donors (Lipinski definition) is 3. The SMILES string of the molecule is COC(=O)c1sc(NC(=O)CC2NC(=O)c3ccccc3NC2=O)nc1C. The number of benzene rings is 1. The number of amides is 3. The third kappa shape index (κ3) is 3.95. The molecule has 0 fully saturated rings. The first-order valence-corrected chi connectivity index (χ1v) is 8.77. The molecule has 2 heterocycles. The van der Waals surface area contributed by atoms with Crippen LogP contribution in [0, 0.1) is 6.92 Å². The Labute approximate surface area is 158 Å². The van der Waals surface area contributed by atoms with Gasteiger partial charge in [0.2, 0.25) is 11.8 Å². The highest BCUT2D eigenvalue weighted by Crippen LogP contribution is 2.24. The van der Waals surface area contributed by atoms with Crippen molar-refractivity contribution in [3.05, 3.63) is 40.4 Å². The lowest BCUT2D eigenvalue weighted by molar-refractivity contribution is -0.122. The van der Waals surface area contributed by atoms with Crippen LogP contribution >= 0.6 is 11.3 Å². The van der Waals surface area contributed by atoms with Crippen molar-refractivity contribution in [1.29, 1.82) is 0 Å². The molecule has 0 radical (unpaired) electrons. The van der Waals surface area contributed by atoms with Gasteiger partial charge in [0, 0.05) is 0 Å². The van der Waals surface area contributed by atoms with E-state index in [1.165, 1.54) is 7.11 Å². The van der Waals surface area contributed by atoms with Crippen LogP contribution < -0.4 is 16.0 Å². The van der Waals surface area contributed by atoms with E-state index in [0.717, 1.165) is 11.3 Å². The number of nitrogens with one attached hydrogen (secondary N) is 3. The molecule has 1 aliphatic rings. The smallest absolute Gasteiger partial charge is 0.350 e. The Hall–Kier alpha value is -3.27. The normalized spacial score (nSPS) is 15.9. The summed E-state index contributed by atoms with van der Waals surface area (Å²) in [7, 11) is 1.26. The Morgan fingerprint density at radius 2 is 2.04 bits per heavy atom. The molecule has 0 saturated carbocycles. The van der Waals surface area contributed by atoms with Crippen LogP contribution in [0.25, 0.3) is 0 Å². The van der Waals surface area contributed by atoms with Crippen molar-refractivity contribution in [3.8, 4) is 0 Å². The van der Waals surface area contributed by atoms with E-state index in [9.17, 15) is 19.2 Å². The molecule has 10 heteroatoms. The summed E-state index contributed by atoms with van der Waals surface area (Å²) in [5, 5.41) is 7.92. The molecule has 3 amide bonds. The number of anilines is 2. The van der Waals surface area contributed by atoms with Gasteiger partial charge in [-0.3, -0.25) is 14.4 Å². The number of esters is 1. The summed E-state index contributed by atoms with van der Waals surface area (Å²) >= 11 is 0.972. The van der Waals surface area contributed by atoms with Crippen molar-refractivity contribution in [3.63, 3.8) is 0 Å². The fraction of sp³-hybridized carbons (Fsp3) is 0.235. The highest BCUT2D eigenvalue weighted by atomic mass is 32.1. The third-order valence-electron chi connectivity index (χ3n) is 3.85. The van der Waals surface area contributed by atoms with Crippen LogP contribution in [-0.2, 0) is 14.3 Å². The molecule has 1 aromatic carbocycles. The van der Waals surface area contributed by atoms with Gasteiger partial charge in [-0.15, -0.1) is 0 Å². The average Bonchev–Trinajstić information content (AvgIpc) is 2.95. The van der Waals surface area contributed by atoms with E-state index in [1.807, 2.05) is 0 Å². The van der Waals surface area contributed by atoms with E-state index >= 15 is 0 Å². The molecular weight excluding hydrogens is 372 g/mol. The lowest BCUT2D eigenvalue weighted by atomic mass is 10.1. The fourth-order valence-corrected chi connectivity index (χ4v) is 3.44. The molecule has 0 aliphatic carbocycles. The summed E-state index contributed by atoms with van der Waals surface area (Å²) in [4.78, 5) is 52.9. The van der Waals surface area contributed by atoms with Gasteiger partial charge in [0.05, 0.1) is 30.5 Å². The molecule has 3 rings (SSSR count). The lowest BCUT2D eigenvalue weighted by Gasteiger charge is -2.13. The number of aryl methyl sites for hydroxylation is 1. The van der Waals surface area contributed by atoms with Gasteiger partial charge >= 0.3 is 5.97 Å². The first-order valence-electron chi connectivity index (χ1n) is 7.95. The van der Waals surface area contributed by atoms with Crippen molar-refractivity contribution in [2.45, 2.75) is 19.4 Å². The van der Waals surface area contributed by atoms with Gasteiger partial charge in [0.15, 0.2) is 5.13 Å². The molecule has 0 bridgehead atoms. The standard InChI is InChI=1S/C17H16N4O5S/c1-8-13(16(25)26-2)27-17(18-8)21-12(22)7-11-15(24)19-10-6-4-3-5-9(10)14(23)20-11/h3-6,11H,7H2,1-2H3,(H,19,24)(H,20,23)(H,18,21,22). The molecule has 1 atom stereocenters. The minimum atomic E-state index is -1.04. The van der Waals surface area contributed by atoms with Crippen LogP contribution in [0.1, 0.15) is 32.1 Å². The summed E-state index contributed by atoms with van der Waals surface area (Å²) < 4.78 is 4.65. The molecule has 1 unspecified atom stereocenters. The number of fused-ring (bicyclic) bond motifs is 1. The first-order chi connectivity index (χ1) is 12.9. The molecule has 0 saturated heterocycles. The van der Waals surface area contributed by atoms with Crippen molar-refractivity contribution >= 4 is 45.8 Å². The monoisotopic (exact) mass is 388 g/mol. The maximum atomic E-state index is 12.3. The summed E-state index contributed by atoms with van der Waals surface area (Å²) in [6.45, 7) is 1.62. The third-order valence-corrected chi connectivity index (χ3v) is 4.91. The minimum Gasteiger partial charge on any atom is -0.465 e. The van der Waals surface area contributed by atoms with Crippen LogP contribution in [0.15, 0.2) is 24.3 Å². The molecule has 9 nitrogen and oxygen atoms in total. The van der Waals surface area contributed by atoms with Crippen molar-refractivity contribution in [1.82, 2.24) is 10.3 Å². The second-order valence-electron chi connectivity index (χ2n) is 5.74. The summed E-state index contributed by atoms with van der Waals surface area (Å²) in [5.74, 6) is -2.00. The number of para-hydroxylation sites is 1. The van der Waals surface area contributed by atoms with Crippen LogP contribution in [0.5, 0.6) is 0 Å². The van der Waals surface area contributed by atoms with Crippen LogP contribution in [0.2, 0.25) is 0 Å². The zero-order valence-corrected chi connectivity index (χ0v) is 15.3. The number of methoxy groups -OCH3 is 1. The lowest BCUT2D eigenvalue weighted by Crippen LogP contribution is -2.43. The van der Waals surface area contributed by atoms with Crippen LogP contribution in [0.4, 0.5) is 10.8 Å². The zero-order chi connectivity index (χ0) is 19.6. The van der Waals surface area contributed by atoms with Crippen molar-refractivity contribution in [2.24, 2.45) is 0 Å². The predicted molar refractivity (Wildman–Crippen MR) is 97.8 cm³/mol. The van der Waals surface area contributed by atoms with Gasteiger partial charge in [-0.1, -0.05) is 23.5 Å². The largest absolute Gasteiger partial charge is 0.465 e. The Morgan fingerprint density at radius 3 is 2.78 bits per heavy atom. The highest BCUT2D eigenvalue weighted by Gasteiger charge is 2.29. The quantitative estimate of drug-likeness (QED) is 0.678. The number of nitrogens with zero attached hydrogens (tertiary/aromatic N) is 1. The second-order valence-corrected chi connectivity index (χ2v) is 6.74. The minimum absolute atomic E-state index is 0.210. The topological polar surface area (TPSA) is 126 Å². The number of carbonyl (C=O) groups is 4. The van der Waals surface area contributed by atoms with Gasteiger partial charge in [0.1, 0.15) is 10.9 Å². The molecular formula is C17H16N4O5S. The first kappa shape index (κ1) is 18.5. The molecule has 0 spiro atoms. The Morgan fingerprint density at radius 1 is 1.30 bits per heavy atom. The van der Waals surface area contributed by atoms with E-state index in [1.54, 1.807) is 31.2 Å². The van der Waals surface area contributed by atoms with Crippen LogP contribution in [-0.4, -0.2) is 41.8 Å². The molecule has 1 aliphatic heterocycles. The predicted octanol–water partition coefficient (Wildman–Crippen LogP) is 1.32. The Balaban J connectivity index is 1.69. The Bertz CT molecular complexity index is 939. The number of rotatable bonds is 4. The van der Waals surface area contributed by atoms with E-state index in [4.69, 9.17) is 0 Å². The fourth-order valence-electron chi connectivity index (χ4n) is 2.54. The summed E-state index contributed by atoms with van der Waals surface area (Å²) in [5.41, 5.74) is 1.14. The molecule has 140 valence electrons. The van der Waals surface area contributed by atoms with Gasteiger partial charge in [-0.25, -0.2) is 9.78 Å². The van der Waals surface area contributed by atoms with E-state index in [2.05, 4.69) is 25.7 Å². The summed E-state index contributed by atoms with van der Waals surface area (Å²) in [6, 6.07) is 5.54. The van der Waals surface area contributed by atoms with E-state index < -0.39 is 29.7 Å². The van der Waals surface area contributed by atoms with Crippen LogP contribution in [0.3, 0.4) is 0 Å². The molecule has 27 heavy (non-hydrogen) atoms. The molecule has 1 aromatic heterocycles. The Kier molecular flexibility index (Phi) is 5.17. The van der Waals surface area contributed by atoms with Crippen molar-refractivity contribution in [2.75, 3.05) is 17.7 Å². The van der Waals surface area contributed by atoms with E-state index in [-0.39, 0.29) is 16.4 Å². The second kappa shape index (κ2) is 7.54. The number of aromatic nitrogens is 1. The van der Waals surface area contributed by atoms with Crippen molar-refractivity contribution < 1.29 is 23.9 Å². The van der Waals surface area contributed by atoms with Gasteiger partial charge < -0.3 is 20.7 Å². The van der Waals surface area contributed by atoms with Gasteiger partial charge in [-0.2, -0.15) is 0 Å². The maximum absolute atomic E-state index is 12.3. The number of thiazole rings is 1. The maximum Gasteiger partial charge on any atom is 0.350 e. The van der Waals surface area contributed by atoms with E-state index in [0.29, 0.717) is 16.9 Å². The molecule has 2 aromatic rings. The number of ether oxygens (including phenoxy) is 1. The van der Waals surface area contributed by atoms with Gasteiger partial charge in [0.25, 0.3) is 5.91 Å². The number of carbonyl (C=O) groups excluding carboxylic acids is 4. The highest BCUT2D eigenvalue weighted by molar-refractivity contribution is 7.17. The zero-order valence-electron chi connectivity index (χ0n) is 14.5. The molecule has 3 N–H and O–H groups in total.